The molecule has 0 fully saturated rings. The summed E-state index contributed by atoms with van der Waals surface area (Å²) in [4.78, 5) is 12.0. The number of aliphatic hydroxyl groups excluding tert-OH is 1. The Balaban J connectivity index is 2.54. The third kappa shape index (κ3) is 5.30. The summed E-state index contributed by atoms with van der Waals surface area (Å²) in [7, 11) is 0. The van der Waals surface area contributed by atoms with Crippen molar-refractivity contribution in [1.29, 1.82) is 0 Å². The van der Waals surface area contributed by atoms with Gasteiger partial charge in [0, 0.05) is 24.3 Å². The highest BCUT2D eigenvalue weighted by molar-refractivity contribution is 5.77. The summed E-state index contributed by atoms with van der Waals surface area (Å²) in [6, 6.07) is 7.59. The molecule has 0 aliphatic rings. The minimum absolute atomic E-state index is 0.00257. The number of anilines is 1. The van der Waals surface area contributed by atoms with E-state index in [9.17, 15) is 4.79 Å². The van der Waals surface area contributed by atoms with Crippen LogP contribution in [0.3, 0.4) is 0 Å². The fourth-order valence-electron chi connectivity index (χ4n) is 1.99. The summed E-state index contributed by atoms with van der Waals surface area (Å²) < 4.78 is 0. The molecule has 19 heavy (non-hydrogen) atoms. The summed E-state index contributed by atoms with van der Waals surface area (Å²) in [6.45, 7) is 5.91. The van der Waals surface area contributed by atoms with E-state index in [0.717, 1.165) is 11.3 Å². The van der Waals surface area contributed by atoms with E-state index in [1.807, 2.05) is 45.0 Å². The van der Waals surface area contributed by atoms with Gasteiger partial charge < -0.3 is 16.2 Å². The van der Waals surface area contributed by atoms with Gasteiger partial charge in [0.1, 0.15) is 0 Å². The zero-order valence-electron chi connectivity index (χ0n) is 11.9. The number of hydrogen-bond acceptors (Lipinski definition) is 3. The topological polar surface area (TPSA) is 75.3 Å². The van der Waals surface area contributed by atoms with E-state index in [0.29, 0.717) is 12.8 Å². The van der Waals surface area contributed by atoms with Crippen molar-refractivity contribution >= 4 is 11.6 Å². The van der Waals surface area contributed by atoms with Crippen LogP contribution in [0, 0.1) is 0 Å². The molecule has 1 amide bonds. The highest BCUT2D eigenvalue weighted by atomic mass is 16.3. The van der Waals surface area contributed by atoms with Crippen LogP contribution in [0.15, 0.2) is 24.3 Å². The molecule has 106 valence electrons. The van der Waals surface area contributed by atoms with E-state index in [1.54, 1.807) is 0 Å². The molecule has 0 aromatic heterocycles. The smallest absolute Gasteiger partial charge is 0.221 e. The van der Waals surface area contributed by atoms with Crippen molar-refractivity contribution in [3.63, 3.8) is 0 Å². The van der Waals surface area contributed by atoms with Gasteiger partial charge in [-0.3, -0.25) is 4.79 Å². The Bertz CT molecular complexity index is 413. The van der Waals surface area contributed by atoms with Crippen molar-refractivity contribution in [2.24, 2.45) is 0 Å². The van der Waals surface area contributed by atoms with Gasteiger partial charge in [-0.15, -0.1) is 0 Å². The highest BCUT2D eigenvalue weighted by Gasteiger charge is 2.21. The van der Waals surface area contributed by atoms with Crippen LogP contribution in [0.5, 0.6) is 0 Å². The molecule has 4 nitrogen and oxygen atoms in total. The molecule has 0 saturated heterocycles. The first-order valence-electron chi connectivity index (χ1n) is 6.61. The first-order valence-corrected chi connectivity index (χ1v) is 6.61. The van der Waals surface area contributed by atoms with Crippen molar-refractivity contribution in [3.05, 3.63) is 29.8 Å². The number of nitrogens with one attached hydrogen (secondary N) is 1. The summed E-state index contributed by atoms with van der Waals surface area (Å²) >= 11 is 0. The number of amides is 1. The molecule has 0 radical (unpaired) electrons. The van der Waals surface area contributed by atoms with Gasteiger partial charge in [0.2, 0.25) is 5.91 Å². The average molecular weight is 264 g/mol. The molecule has 1 unspecified atom stereocenters. The quantitative estimate of drug-likeness (QED) is 0.688. The number of aliphatic hydroxyl groups is 1. The second-order valence-corrected chi connectivity index (χ2v) is 5.68. The third-order valence-electron chi connectivity index (χ3n) is 3.21. The Morgan fingerprint density at radius 2 is 1.95 bits per heavy atom. The Morgan fingerprint density at radius 1 is 1.37 bits per heavy atom. The molecule has 1 aromatic carbocycles. The maximum atomic E-state index is 12.0. The van der Waals surface area contributed by atoms with Gasteiger partial charge in [0.05, 0.1) is 0 Å². The Kier molecular flexibility index (Phi) is 5.36. The standard InChI is InChI=1S/C15H24N2O2/c1-11(12-4-6-13(16)7-5-12)10-14(19)17-15(2,3)8-9-18/h4-7,11,18H,8-10,16H2,1-3H3,(H,17,19). The van der Waals surface area contributed by atoms with E-state index < -0.39 is 0 Å². The lowest BCUT2D eigenvalue weighted by molar-refractivity contribution is -0.123. The van der Waals surface area contributed by atoms with Crippen LogP contribution >= 0.6 is 0 Å². The fourth-order valence-corrected chi connectivity index (χ4v) is 1.99. The molecule has 0 heterocycles. The predicted molar refractivity (Wildman–Crippen MR) is 77.8 cm³/mol. The lowest BCUT2D eigenvalue weighted by Crippen LogP contribution is -2.44. The number of nitrogens with two attached hydrogens (primary N) is 1. The maximum absolute atomic E-state index is 12.0. The first kappa shape index (κ1) is 15.5. The molecular formula is C15H24N2O2. The third-order valence-corrected chi connectivity index (χ3v) is 3.21. The number of hydrogen-bond donors (Lipinski definition) is 3. The van der Waals surface area contributed by atoms with Gasteiger partial charge in [0.25, 0.3) is 0 Å². The lowest BCUT2D eigenvalue weighted by atomic mass is 9.95. The van der Waals surface area contributed by atoms with Crippen LogP contribution in [-0.4, -0.2) is 23.2 Å². The van der Waals surface area contributed by atoms with E-state index in [4.69, 9.17) is 10.8 Å². The molecule has 0 aliphatic carbocycles. The highest BCUT2D eigenvalue weighted by Crippen LogP contribution is 2.20. The van der Waals surface area contributed by atoms with Crippen molar-refractivity contribution < 1.29 is 9.90 Å². The van der Waals surface area contributed by atoms with Crippen molar-refractivity contribution in [2.75, 3.05) is 12.3 Å². The molecular weight excluding hydrogens is 240 g/mol. The van der Waals surface area contributed by atoms with Crippen molar-refractivity contribution in [1.82, 2.24) is 5.32 Å². The van der Waals surface area contributed by atoms with Crippen LogP contribution in [0.1, 0.15) is 45.1 Å². The van der Waals surface area contributed by atoms with Gasteiger partial charge in [-0.2, -0.15) is 0 Å². The summed E-state index contributed by atoms with van der Waals surface area (Å²) in [5.74, 6) is 0.147. The van der Waals surface area contributed by atoms with Crippen molar-refractivity contribution in [3.8, 4) is 0 Å². The Hall–Kier alpha value is -1.55. The number of benzene rings is 1. The lowest BCUT2D eigenvalue weighted by Gasteiger charge is -2.26. The van der Waals surface area contributed by atoms with Gasteiger partial charge >= 0.3 is 0 Å². The van der Waals surface area contributed by atoms with Crippen molar-refractivity contribution in [2.45, 2.75) is 45.1 Å². The maximum Gasteiger partial charge on any atom is 0.221 e. The monoisotopic (exact) mass is 264 g/mol. The zero-order valence-corrected chi connectivity index (χ0v) is 11.9. The van der Waals surface area contributed by atoms with E-state index >= 15 is 0 Å². The van der Waals surface area contributed by atoms with Crippen LogP contribution in [0.25, 0.3) is 0 Å². The van der Waals surface area contributed by atoms with Gasteiger partial charge in [0.15, 0.2) is 0 Å². The molecule has 0 saturated carbocycles. The molecule has 1 aromatic rings. The predicted octanol–water partition coefficient (Wildman–Crippen LogP) is 2.04. The summed E-state index contributed by atoms with van der Waals surface area (Å²) in [5, 5.41) is 11.9. The van der Waals surface area contributed by atoms with Crippen LogP contribution in [0.4, 0.5) is 5.69 Å². The van der Waals surface area contributed by atoms with E-state index in [-0.39, 0.29) is 24.0 Å². The van der Waals surface area contributed by atoms with Crippen LogP contribution in [0.2, 0.25) is 0 Å². The normalized spacial score (nSPS) is 13.1. The molecule has 0 spiro atoms. The van der Waals surface area contributed by atoms with E-state index in [1.165, 1.54) is 0 Å². The van der Waals surface area contributed by atoms with Gasteiger partial charge in [-0.05, 0) is 43.9 Å². The minimum atomic E-state index is -0.368. The van der Waals surface area contributed by atoms with Crippen LogP contribution < -0.4 is 11.1 Å². The molecule has 0 bridgehead atoms. The van der Waals surface area contributed by atoms with Crippen LogP contribution in [-0.2, 0) is 4.79 Å². The molecule has 4 heteroatoms. The van der Waals surface area contributed by atoms with Gasteiger partial charge in [-0.1, -0.05) is 19.1 Å². The Labute approximate surface area is 115 Å². The second kappa shape index (κ2) is 6.57. The second-order valence-electron chi connectivity index (χ2n) is 5.68. The number of carbonyl (C=O) groups excluding carboxylic acids is 1. The number of nitrogen functional groups attached to an aromatic ring is 1. The Morgan fingerprint density at radius 3 is 2.47 bits per heavy atom. The first-order chi connectivity index (χ1) is 8.84. The molecule has 0 aliphatic heterocycles. The zero-order chi connectivity index (χ0) is 14.5. The minimum Gasteiger partial charge on any atom is -0.399 e. The summed E-state index contributed by atoms with van der Waals surface area (Å²) in [5.41, 5.74) is 7.10. The largest absolute Gasteiger partial charge is 0.399 e. The molecule has 1 atom stereocenters. The average Bonchev–Trinajstić information content (AvgIpc) is 2.28. The number of carbonyl (C=O) groups is 1. The SMILES string of the molecule is CC(CC(=O)NC(C)(C)CCO)c1ccc(N)cc1. The van der Waals surface area contributed by atoms with Gasteiger partial charge in [-0.25, -0.2) is 0 Å². The fraction of sp³-hybridized carbons (Fsp3) is 0.533. The summed E-state index contributed by atoms with van der Waals surface area (Å²) in [6.07, 6.45) is 0.980. The van der Waals surface area contributed by atoms with E-state index in [2.05, 4.69) is 5.32 Å². The number of rotatable bonds is 6. The molecule has 1 rings (SSSR count). The molecule has 4 N–H and O–H groups in total.